The fraction of sp³-hybridized carbons (Fsp3) is 0.290. The summed E-state index contributed by atoms with van der Waals surface area (Å²) in [6.45, 7) is 8.71. The Labute approximate surface area is 240 Å². The van der Waals surface area contributed by atoms with E-state index in [4.69, 9.17) is 4.74 Å². The van der Waals surface area contributed by atoms with Crippen molar-refractivity contribution in [3.63, 3.8) is 0 Å². The number of aromatic nitrogens is 3. The second-order valence-electron chi connectivity index (χ2n) is 10.1. The van der Waals surface area contributed by atoms with Gasteiger partial charge in [0.2, 0.25) is 5.95 Å². The van der Waals surface area contributed by atoms with Crippen LogP contribution in [0.4, 0.5) is 23.1 Å². The molecule has 5 rings (SSSR count). The Hall–Kier alpha value is -4.54. The Kier molecular flexibility index (Phi) is 9.35. The topological polar surface area (TPSA) is 120 Å². The number of nitrogens with one attached hydrogen (secondary N) is 3. The maximum Gasteiger partial charge on any atom is 0.245 e. The van der Waals surface area contributed by atoms with Gasteiger partial charge >= 0.3 is 0 Å². The van der Waals surface area contributed by atoms with E-state index in [-0.39, 0.29) is 5.75 Å². The number of benzene rings is 2. The van der Waals surface area contributed by atoms with Crippen molar-refractivity contribution in [2.45, 2.75) is 26.4 Å². The molecule has 0 amide bonds. The number of rotatable bonds is 11. The molecule has 1 unspecified atom stereocenters. The molecule has 10 nitrogen and oxygen atoms in total. The van der Waals surface area contributed by atoms with Gasteiger partial charge in [0.25, 0.3) is 0 Å². The maximum atomic E-state index is 9.71. The summed E-state index contributed by atoms with van der Waals surface area (Å²) in [4.78, 5) is 15.9. The molecule has 212 valence electrons. The van der Waals surface area contributed by atoms with Crippen molar-refractivity contribution in [3.05, 3.63) is 84.3 Å². The first kappa shape index (κ1) is 28.0. The fourth-order valence-electron chi connectivity index (χ4n) is 4.63. The number of hydrazone groups is 1. The summed E-state index contributed by atoms with van der Waals surface area (Å²) in [5.41, 5.74) is 8.26. The SMILES string of the molecule is Cc1cc(NCCCN2CCOC(C)C2)nc(N/N=C/c2ccc(Nc3ccc(-c4cccc(O)c4)cc3)cn2)n1. The molecule has 3 heterocycles. The smallest absolute Gasteiger partial charge is 0.245 e. The molecule has 41 heavy (non-hydrogen) atoms. The Morgan fingerprint density at radius 1 is 1.05 bits per heavy atom. The maximum absolute atomic E-state index is 9.71. The normalized spacial score (nSPS) is 15.6. The summed E-state index contributed by atoms with van der Waals surface area (Å²) >= 11 is 0. The van der Waals surface area contributed by atoms with Crippen molar-refractivity contribution in [3.8, 4) is 16.9 Å². The third kappa shape index (κ3) is 8.47. The van der Waals surface area contributed by atoms with E-state index in [0.717, 1.165) is 73.2 Å². The van der Waals surface area contributed by atoms with Crippen LogP contribution in [0, 0.1) is 6.92 Å². The van der Waals surface area contributed by atoms with Gasteiger partial charge in [-0.15, -0.1) is 0 Å². The quantitative estimate of drug-likeness (QED) is 0.112. The highest BCUT2D eigenvalue weighted by Crippen LogP contribution is 2.25. The molecule has 0 aliphatic carbocycles. The van der Waals surface area contributed by atoms with E-state index in [1.807, 2.05) is 61.5 Å². The van der Waals surface area contributed by atoms with Crippen LogP contribution in [-0.4, -0.2) is 70.1 Å². The molecule has 10 heteroatoms. The van der Waals surface area contributed by atoms with Crippen molar-refractivity contribution >= 4 is 29.4 Å². The van der Waals surface area contributed by atoms with Gasteiger partial charge < -0.3 is 20.5 Å². The van der Waals surface area contributed by atoms with E-state index < -0.39 is 0 Å². The van der Waals surface area contributed by atoms with Crippen LogP contribution in [0.15, 0.2) is 78.0 Å². The zero-order chi connectivity index (χ0) is 28.4. The molecule has 0 spiro atoms. The lowest BCUT2D eigenvalue weighted by Crippen LogP contribution is -2.41. The van der Waals surface area contributed by atoms with Crippen LogP contribution >= 0.6 is 0 Å². The highest BCUT2D eigenvalue weighted by atomic mass is 16.5. The van der Waals surface area contributed by atoms with Crippen LogP contribution in [0.25, 0.3) is 11.1 Å². The summed E-state index contributed by atoms with van der Waals surface area (Å²) in [7, 11) is 0. The lowest BCUT2D eigenvalue weighted by molar-refractivity contribution is -0.0181. The number of hydrogen-bond donors (Lipinski definition) is 4. The molecule has 0 radical (unpaired) electrons. The van der Waals surface area contributed by atoms with E-state index in [9.17, 15) is 5.11 Å². The third-order valence-electron chi connectivity index (χ3n) is 6.64. The van der Waals surface area contributed by atoms with Crippen molar-refractivity contribution < 1.29 is 9.84 Å². The van der Waals surface area contributed by atoms with Gasteiger partial charge in [0, 0.05) is 43.6 Å². The molecule has 4 N–H and O–H groups in total. The van der Waals surface area contributed by atoms with Crippen molar-refractivity contribution in [1.29, 1.82) is 0 Å². The van der Waals surface area contributed by atoms with Gasteiger partial charge in [-0.25, -0.2) is 10.4 Å². The molecule has 0 saturated carbocycles. The van der Waals surface area contributed by atoms with E-state index in [0.29, 0.717) is 17.7 Å². The largest absolute Gasteiger partial charge is 0.508 e. The van der Waals surface area contributed by atoms with Crippen LogP contribution in [-0.2, 0) is 4.74 Å². The van der Waals surface area contributed by atoms with Gasteiger partial charge in [0.15, 0.2) is 0 Å². The highest BCUT2D eigenvalue weighted by molar-refractivity contribution is 5.78. The minimum Gasteiger partial charge on any atom is -0.508 e. The van der Waals surface area contributed by atoms with Gasteiger partial charge in [-0.3, -0.25) is 9.88 Å². The minimum absolute atomic E-state index is 0.253. The zero-order valence-corrected chi connectivity index (χ0v) is 23.4. The van der Waals surface area contributed by atoms with Gasteiger partial charge in [0.05, 0.1) is 36.5 Å². The average Bonchev–Trinajstić information content (AvgIpc) is 2.97. The first-order valence-electron chi connectivity index (χ1n) is 13.9. The predicted octanol–water partition coefficient (Wildman–Crippen LogP) is 5.26. The Morgan fingerprint density at radius 3 is 2.68 bits per heavy atom. The Morgan fingerprint density at radius 2 is 1.90 bits per heavy atom. The first-order valence-corrected chi connectivity index (χ1v) is 13.9. The Bertz CT molecular complexity index is 1440. The lowest BCUT2D eigenvalue weighted by Gasteiger charge is -2.31. The molecular weight excluding hydrogens is 516 g/mol. The van der Waals surface area contributed by atoms with Crippen LogP contribution in [0.5, 0.6) is 5.75 Å². The van der Waals surface area contributed by atoms with E-state index in [1.165, 1.54) is 0 Å². The van der Waals surface area contributed by atoms with E-state index in [1.54, 1.807) is 24.5 Å². The predicted molar refractivity (Wildman–Crippen MR) is 164 cm³/mol. The number of pyridine rings is 1. The summed E-state index contributed by atoms with van der Waals surface area (Å²) < 4.78 is 5.61. The molecule has 2 aromatic heterocycles. The summed E-state index contributed by atoms with van der Waals surface area (Å²) in [5, 5.41) is 20.7. The molecule has 0 bridgehead atoms. The number of phenolic OH excluding ortho intramolecular Hbond substituents is 1. The molecule has 4 aromatic rings. The number of hydrogen-bond acceptors (Lipinski definition) is 10. The molecule has 1 atom stereocenters. The molecule has 1 saturated heterocycles. The number of phenols is 1. The van der Waals surface area contributed by atoms with Crippen molar-refractivity contribution in [2.24, 2.45) is 5.10 Å². The summed E-state index contributed by atoms with van der Waals surface area (Å²) in [6.07, 6.45) is 4.72. The van der Waals surface area contributed by atoms with Crippen molar-refractivity contribution in [1.82, 2.24) is 19.9 Å². The van der Waals surface area contributed by atoms with Crippen LogP contribution in [0.3, 0.4) is 0 Å². The fourth-order valence-corrected chi connectivity index (χ4v) is 4.63. The molecule has 1 fully saturated rings. The number of aryl methyl sites for hydroxylation is 1. The average molecular weight is 553 g/mol. The van der Waals surface area contributed by atoms with Gasteiger partial charge in [-0.05, 0) is 67.8 Å². The van der Waals surface area contributed by atoms with Crippen LogP contribution in [0.2, 0.25) is 0 Å². The van der Waals surface area contributed by atoms with Gasteiger partial charge in [0.1, 0.15) is 11.6 Å². The summed E-state index contributed by atoms with van der Waals surface area (Å²) in [6, 6.07) is 21.0. The van der Waals surface area contributed by atoms with Gasteiger partial charge in [-0.2, -0.15) is 10.1 Å². The van der Waals surface area contributed by atoms with Crippen molar-refractivity contribution in [2.75, 3.05) is 48.8 Å². The molecule has 2 aromatic carbocycles. The molecular formula is C31H36N8O2. The van der Waals surface area contributed by atoms with Gasteiger partial charge in [-0.1, -0.05) is 24.3 Å². The number of ether oxygens (including phenoxy) is 1. The monoisotopic (exact) mass is 552 g/mol. The number of nitrogens with zero attached hydrogens (tertiary/aromatic N) is 5. The van der Waals surface area contributed by atoms with Crippen LogP contribution < -0.4 is 16.1 Å². The minimum atomic E-state index is 0.253. The lowest BCUT2D eigenvalue weighted by atomic mass is 10.1. The molecule has 1 aliphatic heterocycles. The van der Waals surface area contributed by atoms with E-state index >= 15 is 0 Å². The highest BCUT2D eigenvalue weighted by Gasteiger charge is 2.15. The first-order chi connectivity index (χ1) is 20.0. The van der Waals surface area contributed by atoms with Crippen LogP contribution in [0.1, 0.15) is 24.7 Å². The number of anilines is 4. The second-order valence-corrected chi connectivity index (χ2v) is 10.1. The summed E-state index contributed by atoms with van der Waals surface area (Å²) in [5.74, 6) is 1.45. The number of aromatic hydroxyl groups is 1. The standard InChI is InChI=1S/C31H36N8O2/c1-22-17-30(32-13-4-14-39-15-16-41-23(2)21-39)37-31(35-22)38-34-20-27-11-12-28(19-33-27)36-26-9-7-24(8-10-26)25-5-3-6-29(40)18-25/h3,5-12,17-20,23,36,40H,4,13-16,21H2,1-2H3,(H2,32,35,37,38)/b34-20+. The molecule has 1 aliphatic rings. The van der Waals surface area contributed by atoms with E-state index in [2.05, 4.69) is 47.9 Å². The second kappa shape index (κ2) is 13.7. The Balaban J connectivity index is 1.09. The zero-order valence-electron chi connectivity index (χ0n) is 23.4. The number of morpholine rings is 1. The third-order valence-corrected chi connectivity index (χ3v) is 6.64.